The van der Waals surface area contributed by atoms with Crippen LogP contribution in [-0.4, -0.2) is 50.0 Å². The number of hydrogen-bond donors (Lipinski definition) is 2. The Kier molecular flexibility index (Phi) is 6.40. The fourth-order valence-corrected chi connectivity index (χ4v) is 4.19. The van der Waals surface area contributed by atoms with E-state index in [1.165, 1.54) is 12.0 Å². The van der Waals surface area contributed by atoms with Crippen molar-refractivity contribution < 1.29 is 14.2 Å². The maximum Gasteiger partial charge on any atom is 0.191 e. The number of rotatable bonds is 5. The molecular weight excluding hydrogens is 457 g/mol. The topological polar surface area (TPSA) is 64.1 Å². The van der Waals surface area contributed by atoms with Crippen molar-refractivity contribution >= 4 is 29.9 Å². The Morgan fingerprint density at radius 2 is 2.19 bits per heavy atom. The summed E-state index contributed by atoms with van der Waals surface area (Å²) in [5.41, 5.74) is 1.06. The second kappa shape index (κ2) is 8.43. The van der Waals surface area contributed by atoms with E-state index in [0.29, 0.717) is 31.4 Å². The Balaban J connectivity index is 0.00000210. The van der Waals surface area contributed by atoms with Crippen LogP contribution in [0.25, 0.3) is 0 Å². The van der Waals surface area contributed by atoms with E-state index in [-0.39, 0.29) is 29.6 Å². The van der Waals surface area contributed by atoms with E-state index in [1.807, 2.05) is 12.1 Å². The number of guanidine groups is 1. The maximum atomic E-state index is 6.05. The van der Waals surface area contributed by atoms with Crippen LogP contribution in [0.3, 0.4) is 0 Å². The van der Waals surface area contributed by atoms with Crippen LogP contribution in [0, 0.1) is 0 Å². The lowest BCUT2D eigenvalue weighted by Crippen LogP contribution is -2.48. The largest absolute Gasteiger partial charge is 0.488 e. The monoisotopic (exact) mass is 487 g/mol. The number of hydrogen-bond acceptors (Lipinski definition) is 4. The van der Waals surface area contributed by atoms with Crippen molar-refractivity contribution in [3.05, 3.63) is 23.8 Å². The predicted octanol–water partition coefficient (Wildman–Crippen LogP) is 2.88. The van der Waals surface area contributed by atoms with E-state index < -0.39 is 0 Å². The third kappa shape index (κ3) is 4.62. The normalized spacial score (nSPS) is 27.5. The molecule has 6 nitrogen and oxygen atoms in total. The van der Waals surface area contributed by atoms with Crippen LogP contribution in [0.1, 0.15) is 38.7 Å². The fraction of sp³-hybridized carbons (Fsp3) is 0.650. The smallest absolute Gasteiger partial charge is 0.191 e. The molecule has 4 rings (SSSR count). The van der Waals surface area contributed by atoms with E-state index in [1.54, 1.807) is 7.05 Å². The first-order chi connectivity index (χ1) is 12.5. The molecule has 3 aliphatic heterocycles. The van der Waals surface area contributed by atoms with E-state index in [4.69, 9.17) is 14.2 Å². The molecule has 0 aliphatic carbocycles. The Morgan fingerprint density at radius 3 is 2.89 bits per heavy atom. The zero-order chi connectivity index (χ0) is 18.1. The number of nitrogens with one attached hydrogen (secondary N) is 2. The van der Waals surface area contributed by atoms with Gasteiger partial charge >= 0.3 is 0 Å². The molecule has 2 N–H and O–H groups in total. The minimum absolute atomic E-state index is 0. The van der Waals surface area contributed by atoms with Gasteiger partial charge in [-0.2, -0.15) is 0 Å². The molecule has 3 unspecified atom stereocenters. The third-order valence-electron chi connectivity index (χ3n) is 5.36. The van der Waals surface area contributed by atoms with Gasteiger partial charge in [0.1, 0.15) is 12.2 Å². The third-order valence-corrected chi connectivity index (χ3v) is 5.36. The maximum absolute atomic E-state index is 6.05. The molecular formula is C20H30IN3O3. The predicted molar refractivity (Wildman–Crippen MR) is 117 cm³/mol. The molecule has 3 atom stereocenters. The van der Waals surface area contributed by atoms with Gasteiger partial charge in [-0.25, -0.2) is 0 Å². The van der Waals surface area contributed by atoms with Gasteiger partial charge in [0.05, 0.1) is 24.8 Å². The number of para-hydroxylation sites is 1. The molecule has 1 aromatic carbocycles. The average molecular weight is 487 g/mol. The standard InChI is InChI=1S/C20H29N3O3.HI/c1-20(2)12-13-5-4-6-17(18(13)26-20)24-10-9-22-19(21-3)23-15-11-14-7-8-16(15)25-14;/h4-6,14-16H,7-12H2,1-3H3,(H2,21,22,23);1H. The summed E-state index contributed by atoms with van der Waals surface area (Å²) in [5.74, 6) is 2.52. The molecule has 2 fully saturated rings. The van der Waals surface area contributed by atoms with Crippen molar-refractivity contribution in [2.24, 2.45) is 4.99 Å². The van der Waals surface area contributed by atoms with Crippen LogP contribution in [0.5, 0.6) is 11.5 Å². The quantitative estimate of drug-likeness (QED) is 0.290. The number of fused-ring (bicyclic) bond motifs is 3. The highest BCUT2D eigenvalue weighted by Crippen LogP contribution is 2.41. The van der Waals surface area contributed by atoms with E-state index in [2.05, 4.69) is 35.5 Å². The summed E-state index contributed by atoms with van der Waals surface area (Å²) in [6.45, 7) is 5.43. The summed E-state index contributed by atoms with van der Waals surface area (Å²) in [5, 5.41) is 6.81. The van der Waals surface area contributed by atoms with E-state index in [9.17, 15) is 0 Å². The van der Waals surface area contributed by atoms with E-state index >= 15 is 0 Å². The van der Waals surface area contributed by atoms with Gasteiger partial charge in [-0.3, -0.25) is 4.99 Å². The van der Waals surface area contributed by atoms with Crippen LogP contribution < -0.4 is 20.1 Å². The number of aliphatic imine (C=N–C) groups is 1. The second-order valence-corrected chi connectivity index (χ2v) is 7.99. The van der Waals surface area contributed by atoms with Crippen LogP contribution >= 0.6 is 24.0 Å². The molecule has 3 heterocycles. The van der Waals surface area contributed by atoms with Crippen molar-refractivity contribution in [1.29, 1.82) is 0 Å². The summed E-state index contributed by atoms with van der Waals surface area (Å²) in [6.07, 6.45) is 5.11. The lowest BCUT2D eigenvalue weighted by Gasteiger charge is -2.22. The number of halogens is 1. The molecule has 27 heavy (non-hydrogen) atoms. The fourth-order valence-electron chi connectivity index (χ4n) is 4.19. The lowest BCUT2D eigenvalue weighted by molar-refractivity contribution is 0.0992. The van der Waals surface area contributed by atoms with Crippen LogP contribution in [0.2, 0.25) is 0 Å². The van der Waals surface area contributed by atoms with Gasteiger partial charge in [-0.1, -0.05) is 12.1 Å². The highest BCUT2D eigenvalue weighted by Gasteiger charge is 2.41. The zero-order valence-corrected chi connectivity index (χ0v) is 18.6. The summed E-state index contributed by atoms with van der Waals surface area (Å²) >= 11 is 0. The first-order valence-corrected chi connectivity index (χ1v) is 9.60. The van der Waals surface area contributed by atoms with Gasteiger partial charge in [0.2, 0.25) is 0 Å². The molecule has 0 aromatic heterocycles. The molecule has 7 heteroatoms. The van der Waals surface area contributed by atoms with Gasteiger partial charge in [0.25, 0.3) is 0 Å². The molecule has 0 radical (unpaired) electrons. The van der Waals surface area contributed by atoms with Gasteiger partial charge < -0.3 is 24.8 Å². The zero-order valence-electron chi connectivity index (χ0n) is 16.3. The van der Waals surface area contributed by atoms with Crippen LogP contribution in [0.15, 0.2) is 23.2 Å². The SMILES string of the molecule is CN=C(NCCOc1cccc2c1OC(C)(C)C2)NC1CC2CCC1O2.I. The van der Waals surface area contributed by atoms with Crippen molar-refractivity contribution in [1.82, 2.24) is 10.6 Å². The first-order valence-electron chi connectivity index (χ1n) is 9.60. The summed E-state index contributed by atoms with van der Waals surface area (Å²) < 4.78 is 17.9. The minimum atomic E-state index is -0.158. The Labute approximate surface area is 178 Å². The molecule has 3 aliphatic rings. The van der Waals surface area contributed by atoms with Gasteiger partial charge in [0.15, 0.2) is 17.5 Å². The molecule has 1 aromatic rings. The summed E-state index contributed by atoms with van der Waals surface area (Å²) in [4.78, 5) is 4.32. The number of ether oxygens (including phenoxy) is 3. The minimum Gasteiger partial charge on any atom is -0.488 e. The van der Waals surface area contributed by atoms with Gasteiger partial charge in [0, 0.05) is 19.0 Å². The van der Waals surface area contributed by atoms with Crippen molar-refractivity contribution in [2.75, 3.05) is 20.2 Å². The molecule has 0 amide bonds. The first kappa shape index (κ1) is 20.5. The average Bonchev–Trinajstić information content (AvgIpc) is 3.30. The molecule has 0 spiro atoms. The second-order valence-electron chi connectivity index (χ2n) is 7.99. The Morgan fingerprint density at radius 1 is 1.33 bits per heavy atom. The Hall–Kier alpha value is -1.22. The summed E-state index contributed by atoms with van der Waals surface area (Å²) in [6, 6.07) is 6.48. The highest BCUT2D eigenvalue weighted by atomic mass is 127. The van der Waals surface area contributed by atoms with Gasteiger partial charge in [-0.15, -0.1) is 24.0 Å². The number of nitrogens with zero attached hydrogens (tertiary/aromatic N) is 1. The lowest BCUT2D eigenvalue weighted by atomic mass is 9.96. The molecule has 0 saturated carbocycles. The van der Waals surface area contributed by atoms with Gasteiger partial charge in [-0.05, 0) is 39.2 Å². The molecule has 2 bridgehead atoms. The molecule has 2 saturated heterocycles. The highest BCUT2D eigenvalue weighted by molar-refractivity contribution is 14.0. The van der Waals surface area contributed by atoms with Crippen molar-refractivity contribution in [3.63, 3.8) is 0 Å². The summed E-state index contributed by atoms with van der Waals surface area (Å²) in [7, 11) is 1.80. The van der Waals surface area contributed by atoms with Crippen LogP contribution in [-0.2, 0) is 11.2 Å². The van der Waals surface area contributed by atoms with Crippen molar-refractivity contribution in [3.8, 4) is 11.5 Å². The van der Waals surface area contributed by atoms with Crippen molar-refractivity contribution in [2.45, 2.75) is 63.4 Å². The van der Waals surface area contributed by atoms with E-state index in [0.717, 1.165) is 36.7 Å². The number of benzene rings is 1. The Bertz CT molecular complexity index is 695. The molecule has 150 valence electrons. The van der Waals surface area contributed by atoms with Crippen LogP contribution in [0.4, 0.5) is 0 Å².